The van der Waals surface area contributed by atoms with Gasteiger partial charge in [0.15, 0.2) is 0 Å². The van der Waals surface area contributed by atoms with Crippen molar-refractivity contribution in [3.63, 3.8) is 0 Å². The Morgan fingerprint density at radius 2 is 2.15 bits per heavy atom. The van der Waals surface area contributed by atoms with Crippen molar-refractivity contribution in [3.05, 3.63) is 16.0 Å². The maximum atomic E-state index is 4.36. The zero-order valence-electron chi connectivity index (χ0n) is 8.71. The summed E-state index contributed by atoms with van der Waals surface area (Å²) < 4.78 is 3.29. The van der Waals surface area contributed by atoms with Crippen molar-refractivity contribution >= 4 is 22.6 Å². The highest BCUT2D eigenvalue weighted by atomic mass is 127. The van der Waals surface area contributed by atoms with Crippen LogP contribution in [0.15, 0.2) is 12.4 Å². The van der Waals surface area contributed by atoms with Gasteiger partial charge in [0.1, 0.15) is 0 Å². The van der Waals surface area contributed by atoms with Gasteiger partial charge in [0.2, 0.25) is 0 Å². The minimum absolute atomic E-state index is 0.282. The van der Waals surface area contributed by atoms with Crippen LogP contribution in [0, 0.1) is 8.99 Å². The molecule has 0 saturated heterocycles. The fourth-order valence-corrected chi connectivity index (χ4v) is 2.09. The van der Waals surface area contributed by atoms with Crippen LogP contribution >= 0.6 is 22.6 Å². The Labute approximate surface area is 93.9 Å². The van der Waals surface area contributed by atoms with Gasteiger partial charge in [-0.2, -0.15) is 5.10 Å². The monoisotopic (exact) mass is 292 g/mol. The Morgan fingerprint density at radius 1 is 1.54 bits per heavy atom. The lowest BCUT2D eigenvalue weighted by atomic mass is 9.85. The van der Waals surface area contributed by atoms with Crippen molar-refractivity contribution < 1.29 is 0 Å². The highest BCUT2D eigenvalue weighted by molar-refractivity contribution is 14.1. The summed E-state index contributed by atoms with van der Waals surface area (Å²) in [4.78, 5) is 0. The molecule has 0 amide bonds. The van der Waals surface area contributed by atoms with Crippen LogP contribution in [0.2, 0.25) is 0 Å². The van der Waals surface area contributed by atoms with Crippen molar-refractivity contribution in [2.75, 3.05) is 0 Å². The van der Waals surface area contributed by atoms with Crippen LogP contribution in [0.1, 0.15) is 40.2 Å². The van der Waals surface area contributed by atoms with Crippen molar-refractivity contribution in [2.45, 2.75) is 40.2 Å². The summed E-state index contributed by atoms with van der Waals surface area (Å²) in [7, 11) is 0. The molecule has 1 heterocycles. The van der Waals surface area contributed by atoms with E-state index < -0.39 is 0 Å². The van der Waals surface area contributed by atoms with Gasteiger partial charge in [-0.25, -0.2) is 0 Å². The van der Waals surface area contributed by atoms with E-state index in [1.165, 1.54) is 3.57 Å². The average molecular weight is 292 g/mol. The minimum Gasteiger partial charge on any atom is -0.268 e. The van der Waals surface area contributed by atoms with E-state index >= 15 is 0 Å². The Morgan fingerprint density at radius 3 is 2.46 bits per heavy atom. The van der Waals surface area contributed by atoms with Crippen molar-refractivity contribution in [3.8, 4) is 0 Å². The molecule has 0 fully saturated rings. The van der Waals surface area contributed by atoms with Crippen LogP contribution in [0.3, 0.4) is 0 Å². The van der Waals surface area contributed by atoms with Crippen LogP contribution in [0.4, 0.5) is 0 Å². The smallest absolute Gasteiger partial charge is 0.0623 e. The topological polar surface area (TPSA) is 17.8 Å². The third-order valence-corrected chi connectivity index (χ3v) is 2.83. The molecular weight excluding hydrogens is 275 g/mol. The normalized spacial score (nSPS) is 14.5. The largest absolute Gasteiger partial charge is 0.268 e. The summed E-state index contributed by atoms with van der Waals surface area (Å²) in [6, 6.07) is 0.496. The third kappa shape index (κ3) is 2.69. The van der Waals surface area contributed by atoms with Gasteiger partial charge in [0, 0.05) is 6.20 Å². The molecule has 1 unspecified atom stereocenters. The van der Waals surface area contributed by atoms with Crippen molar-refractivity contribution in [1.29, 1.82) is 0 Å². The molecule has 0 radical (unpaired) electrons. The van der Waals surface area contributed by atoms with Crippen LogP contribution in [0.5, 0.6) is 0 Å². The summed E-state index contributed by atoms with van der Waals surface area (Å²) in [5.74, 6) is 0. The molecule has 1 aromatic heterocycles. The molecular formula is C10H17IN2. The van der Waals surface area contributed by atoms with Gasteiger partial charge in [-0.1, -0.05) is 27.7 Å². The summed E-state index contributed by atoms with van der Waals surface area (Å²) in [5, 5.41) is 4.36. The van der Waals surface area contributed by atoms with Crippen molar-refractivity contribution in [1.82, 2.24) is 9.78 Å². The predicted octanol–water partition coefficient (Wildman–Crippen LogP) is 3.48. The Bertz CT molecular complexity index is 273. The standard InChI is InChI=1S/C10H17IN2/c1-5-9(10(2,3)4)13-7-8(11)6-12-13/h6-7,9H,5H2,1-4H3. The number of nitrogens with zero attached hydrogens (tertiary/aromatic N) is 2. The van der Waals surface area contributed by atoms with Gasteiger partial charge in [-0.3, -0.25) is 4.68 Å². The summed E-state index contributed by atoms with van der Waals surface area (Å²) in [6.07, 6.45) is 5.15. The highest BCUT2D eigenvalue weighted by Gasteiger charge is 2.24. The lowest BCUT2D eigenvalue weighted by Gasteiger charge is -2.29. The fraction of sp³-hybridized carbons (Fsp3) is 0.700. The molecule has 2 nitrogen and oxygen atoms in total. The lowest BCUT2D eigenvalue weighted by molar-refractivity contribution is 0.218. The number of hydrogen-bond acceptors (Lipinski definition) is 1. The first kappa shape index (κ1) is 11.0. The second kappa shape index (κ2) is 3.98. The molecule has 0 bridgehead atoms. The maximum Gasteiger partial charge on any atom is 0.0623 e. The zero-order valence-corrected chi connectivity index (χ0v) is 10.9. The van der Waals surface area contributed by atoms with E-state index in [1.54, 1.807) is 0 Å². The first-order valence-electron chi connectivity index (χ1n) is 4.64. The molecule has 0 aliphatic rings. The molecule has 0 N–H and O–H groups in total. The van der Waals surface area contributed by atoms with Crippen LogP contribution in [0.25, 0.3) is 0 Å². The van der Waals surface area contributed by atoms with E-state index in [0.717, 1.165) is 6.42 Å². The number of rotatable bonds is 2. The molecule has 0 aromatic carbocycles. The number of halogens is 1. The lowest BCUT2D eigenvalue weighted by Crippen LogP contribution is -2.24. The van der Waals surface area contributed by atoms with Gasteiger partial charge in [0.25, 0.3) is 0 Å². The summed E-state index contributed by atoms with van der Waals surface area (Å²) in [5.41, 5.74) is 0.282. The molecule has 74 valence electrons. The van der Waals surface area contributed by atoms with Gasteiger partial charge in [0.05, 0.1) is 15.8 Å². The van der Waals surface area contributed by atoms with Gasteiger partial charge < -0.3 is 0 Å². The molecule has 1 aromatic rings. The van der Waals surface area contributed by atoms with E-state index in [0.29, 0.717) is 6.04 Å². The second-order valence-corrected chi connectivity index (χ2v) is 5.67. The number of hydrogen-bond donors (Lipinski definition) is 0. The van der Waals surface area contributed by atoms with E-state index in [9.17, 15) is 0 Å². The fourth-order valence-electron chi connectivity index (χ4n) is 1.68. The van der Waals surface area contributed by atoms with Crippen LogP contribution in [-0.2, 0) is 0 Å². The highest BCUT2D eigenvalue weighted by Crippen LogP contribution is 2.32. The van der Waals surface area contributed by atoms with Gasteiger partial charge in [-0.05, 0) is 34.4 Å². The number of aromatic nitrogens is 2. The Kier molecular flexibility index (Phi) is 3.38. The van der Waals surface area contributed by atoms with Crippen LogP contribution in [-0.4, -0.2) is 9.78 Å². The predicted molar refractivity (Wildman–Crippen MR) is 63.7 cm³/mol. The van der Waals surface area contributed by atoms with Gasteiger partial charge >= 0.3 is 0 Å². The first-order chi connectivity index (χ1) is 5.95. The molecule has 1 atom stereocenters. The minimum atomic E-state index is 0.282. The quantitative estimate of drug-likeness (QED) is 0.763. The molecule has 0 saturated carbocycles. The summed E-state index contributed by atoms with van der Waals surface area (Å²) in [6.45, 7) is 8.99. The van der Waals surface area contributed by atoms with E-state index in [1.807, 2.05) is 6.20 Å². The van der Waals surface area contributed by atoms with Crippen molar-refractivity contribution in [2.24, 2.45) is 5.41 Å². The second-order valence-electron chi connectivity index (χ2n) is 4.43. The Balaban J connectivity index is 2.91. The van der Waals surface area contributed by atoms with E-state index in [2.05, 4.69) is 66.3 Å². The zero-order chi connectivity index (χ0) is 10.1. The average Bonchev–Trinajstić information content (AvgIpc) is 2.34. The van der Waals surface area contributed by atoms with E-state index in [-0.39, 0.29) is 5.41 Å². The molecule has 0 spiro atoms. The Hall–Kier alpha value is -0.0600. The molecule has 0 aliphatic carbocycles. The van der Waals surface area contributed by atoms with E-state index in [4.69, 9.17) is 0 Å². The molecule has 3 heteroatoms. The van der Waals surface area contributed by atoms with Crippen LogP contribution < -0.4 is 0 Å². The first-order valence-corrected chi connectivity index (χ1v) is 5.72. The van der Waals surface area contributed by atoms with Gasteiger partial charge in [-0.15, -0.1) is 0 Å². The molecule has 13 heavy (non-hydrogen) atoms. The molecule has 0 aliphatic heterocycles. The SMILES string of the molecule is CCC(n1cc(I)cn1)C(C)(C)C. The maximum absolute atomic E-state index is 4.36. The molecule has 1 rings (SSSR count). The summed E-state index contributed by atoms with van der Waals surface area (Å²) >= 11 is 2.30. The third-order valence-electron chi connectivity index (χ3n) is 2.28.